The highest BCUT2D eigenvalue weighted by atomic mass is 16.6. The predicted molar refractivity (Wildman–Crippen MR) is 287 cm³/mol. The number of benzene rings is 3. The number of hydrogen-bond donors (Lipinski definition) is 0. The van der Waals surface area contributed by atoms with E-state index in [0.29, 0.717) is 38.0 Å². The Labute approximate surface area is 426 Å². The first-order valence-corrected chi connectivity index (χ1v) is 28.7. The number of rotatable bonds is 42. The highest BCUT2D eigenvalue weighted by molar-refractivity contribution is 5.89. The fourth-order valence-corrected chi connectivity index (χ4v) is 9.30. The van der Waals surface area contributed by atoms with Crippen LogP contribution in [0.15, 0.2) is 72.8 Å². The van der Waals surface area contributed by atoms with E-state index in [4.69, 9.17) is 28.4 Å². The van der Waals surface area contributed by atoms with Gasteiger partial charge in [-0.05, 0) is 98.2 Å². The van der Waals surface area contributed by atoms with Crippen molar-refractivity contribution in [2.24, 2.45) is 0 Å². The number of unbranched alkanes of at least 4 members (excludes halogenated alkanes) is 25. The topological polar surface area (TPSA) is 89.5 Å². The van der Waals surface area contributed by atoms with Crippen LogP contribution in [0.3, 0.4) is 0 Å². The van der Waals surface area contributed by atoms with Crippen molar-refractivity contribution in [3.05, 3.63) is 89.5 Å². The molecule has 4 rings (SSSR count). The third-order valence-corrected chi connectivity index (χ3v) is 13.8. The molecular formula is C62H96O8. The summed E-state index contributed by atoms with van der Waals surface area (Å²) in [6.07, 6.45) is 36.7. The van der Waals surface area contributed by atoms with Crippen LogP contribution in [-0.2, 0) is 25.4 Å². The minimum Gasteiger partial charge on any atom is -0.494 e. The number of aryl methyl sites for hydroxylation is 1. The Morgan fingerprint density at radius 2 is 0.857 bits per heavy atom. The molecule has 0 spiro atoms. The Kier molecular flexibility index (Phi) is 32.3. The van der Waals surface area contributed by atoms with E-state index in [2.05, 4.69) is 20.8 Å². The van der Waals surface area contributed by atoms with Gasteiger partial charge in [0.05, 0.1) is 31.5 Å². The molecule has 0 unspecified atom stereocenters. The summed E-state index contributed by atoms with van der Waals surface area (Å²) < 4.78 is 36.6. The summed E-state index contributed by atoms with van der Waals surface area (Å²) in [6.45, 7) is 8.84. The Morgan fingerprint density at radius 3 is 1.30 bits per heavy atom. The molecule has 1 aliphatic rings. The zero-order valence-electron chi connectivity index (χ0n) is 44.4. The van der Waals surface area contributed by atoms with Crippen LogP contribution in [0, 0.1) is 0 Å². The van der Waals surface area contributed by atoms with E-state index in [1.807, 2.05) is 60.7 Å². The summed E-state index contributed by atoms with van der Waals surface area (Å²) in [5.74, 6) is 1.69. The number of carbonyl (C=O) groups is 2. The molecule has 3 atom stereocenters. The monoisotopic (exact) mass is 969 g/mol. The van der Waals surface area contributed by atoms with Crippen molar-refractivity contribution >= 4 is 11.9 Å². The number of ether oxygens (including phenoxy) is 6. The minimum atomic E-state index is -0.624. The molecule has 1 heterocycles. The van der Waals surface area contributed by atoms with Crippen LogP contribution in [0.5, 0.6) is 17.2 Å². The highest BCUT2D eigenvalue weighted by Gasteiger charge is 2.36. The van der Waals surface area contributed by atoms with Gasteiger partial charge in [0.25, 0.3) is 0 Å². The van der Waals surface area contributed by atoms with Crippen molar-refractivity contribution in [3.63, 3.8) is 0 Å². The van der Waals surface area contributed by atoms with E-state index in [9.17, 15) is 9.59 Å². The standard InChI is InChI=1S/C62H96O8/c1-4-7-10-13-15-17-19-21-23-25-27-30-49-65-55-39-32-52(33-40-55)34-47-61(63)68-51-60-59(46-45-58(69-60)53-35-41-56(42-36-53)66-48-29-12-9-6-3)70-62(64)54-37-43-57(44-38-54)67-50-31-28-26-24-22-20-18-16-14-11-8-5-2/h32-33,35-44,58-60H,4-31,34,45-51H2,1-3H3/t58-,59-,60+/m0/s1. The SMILES string of the molecule is CCCCCCCCCCCCCCOc1ccc(CCC(=O)OC[C@H]2O[C@H](c3ccc(OCCCCCC)cc3)CC[C@@H]2OC(=O)c2ccc(OCCCCCCCCCCCCCC)cc2)cc1. The maximum atomic E-state index is 13.5. The molecule has 392 valence electrons. The highest BCUT2D eigenvalue weighted by Crippen LogP contribution is 2.34. The summed E-state index contributed by atoms with van der Waals surface area (Å²) in [4.78, 5) is 26.7. The molecule has 8 heteroatoms. The van der Waals surface area contributed by atoms with Crippen LogP contribution < -0.4 is 14.2 Å². The van der Waals surface area contributed by atoms with Gasteiger partial charge in [-0.1, -0.05) is 206 Å². The van der Waals surface area contributed by atoms with Gasteiger partial charge in [0.2, 0.25) is 0 Å². The van der Waals surface area contributed by atoms with Crippen molar-refractivity contribution in [1.82, 2.24) is 0 Å². The summed E-state index contributed by atoms with van der Waals surface area (Å²) >= 11 is 0. The number of carbonyl (C=O) groups excluding carboxylic acids is 2. The smallest absolute Gasteiger partial charge is 0.338 e. The van der Waals surface area contributed by atoms with Gasteiger partial charge in [0.1, 0.15) is 36.1 Å². The molecule has 0 saturated carbocycles. The predicted octanol–water partition coefficient (Wildman–Crippen LogP) is 17.4. The van der Waals surface area contributed by atoms with Crippen LogP contribution in [0.1, 0.15) is 247 Å². The van der Waals surface area contributed by atoms with Crippen molar-refractivity contribution < 1.29 is 38.0 Å². The number of hydrogen-bond acceptors (Lipinski definition) is 8. The quantitative estimate of drug-likeness (QED) is 0.0410. The molecule has 3 aromatic carbocycles. The van der Waals surface area contributed by atoms with Gasteiger partial charge in [0.15, 0.2) is 0 Å². The van der Waals surface area contributed by atoms with Gasteiger partial charge >= 0.3 is 11.9 Å². The first kappa shape index (κ1) is 58.5. The van der Waals surface area contributed by atoms with E-state index in [0.717, 1.165) is 54.2 Å². The Bertz CT molecular complexity index is 1720. The van der Waals surface area contributed by atoms with Crippen molar-refractivity contribution in [2.75, 3.05) is 26.4 Å². The van der Waals surface area contributed by atoms with Gasteiger partial charge in [-0.15, -0.1) is 0 Å². The van der Waals surface area contributed by atoms with Crippen LogP contribution in [-0.4, -0.2) is 50.6 Å². The largest absolute Gasteiger partial charge is 0.494 e. The number of esters is 2. The molecule has 1 fully saturated rings. The van der Waals surface area contributed by atoms with Gasteiger partial charge in [-0.25, -0.2) is 4.79 Å². The summed E-state index contributed by atoms with van der Waals surface area (Å²) in [6, 6.07) is 23.3. The maximum absolute atomic E-state index is 13.5. The zero-order valence-corrected chi connectivity index (χ0v) is 44.4. The molecule has 0 N–H and O–H groups in total. The Balaban J connectivity index is 1.18. The van der Waals surface area contributed by atoms with E-state index in [1.54, 1.807) is 12.1 Å². The summed E-state index contributed by atoms with van der Waals surface area (Å²) in [5, 5.41) is 0. The van der Waals surface area contributed by atoms with E-state index in [1.165, 1.54) is 161 Å². The van der Waals surface area contributed by atoms with Crippen LogP contribution in [0.25, 0.3) is 0 Å². The van der Waals surface area contributed by atoms with E-state index >= 15 is 0 Å². The second-order valence-electron chi connectivity index (χ2n) is 20.0. The third-order valence-electron chi connectivity index (χ3n) is 13.8. The van der Waals surface area contributed by atoms with Gasteiger partial charge in [-0.2, -0.15) is 0 Å². The van der Waals surface area contributed by atoms with Gasteiger partial charge < -0.3 is 28.4 Å². The third kappa shape index (κ3) is 26.4. The first-order valence-electron chi connectivity index (χ1n) is 28.7. The Hall–Kier alpha value is -4.04. The van der Waals surface area contributed by atoms with Crippen LogP contribution >= 0.6 is 0 Å². The van der Waals surface area contributed by atoms with E-state index < -0.39 is 18.2 Å². The lowest BCUT2D eigenvalue weighted by Gasteiger charge is -2.36. The average molecular weight is 969 g/mol. The normalized spacial score (nSPS) is 15.7. The van der Waals surface area contributed by atoms with Crippen LogP contribution in [0.4, 0.5) is 0 Å². The maximum Gasteiger partial charge on any atom is 0.338 e. The molecule has 0 aliphatic carbocycles. The molecular weight excluding hydrogens is 873 g/mol. The van der Waals surface area contributed by atoms with Crippen molar-refractivity contribution in [3.8, 4) is 17.2 Å². The van der Waals surface area contributed by atoms with E-state index in [-0.39, 0.29) is 25.1 Å². The van der Waals surface area contributed by atoms with Crippen molar-refractivity contribution in [1.29, 1.82) is 0 Å². The summed E-state index contributed by atoms with van der Waals surface area (Å²) in [5.41, 5.74) is 2.51. The van der Waals surface area contributed by atoms with Crippen LogP contribution in [0.2, 0.25) is 0 Å². The average Bonchev–Trinajstić information content (AvgIpc) is 3.38. The first-order chi connectivity index (χ1) is 34.5. The molecule has 0 bridgehead atoms. The van der Waals surface area contributed by atoms with Crippen molar-refractivity contribution in [2.45, 2.75) is 245 Å². The van der Waals surface area contributed by atoms with Gasteiger partial charge in [-0.3, -0.25) is 4.79 Å². The summed E-state index contributed by atoms with van der Waals surface area (Å²) in [7, 11) is 0. The molecule has 70 heavy (non-hydrogen) atoms. The molecule has 0 amide bonds. The molecule has 3 aromatic rings. The molecule has 0 aromatic heterocycles. The lowest BCUT2D eigenvalue weighted by molar-refractivity contribution is -0.166. The molecule has 0 radical (unpaired) electrons. The molecule has 1 aliphatic heterocycles. The molecule has 1 saturated heterocycles. The fourth-order valence-electron chi connectivity index (χ4n) is 9.30. The minimum absolute atomic E-state index is 0.00988. The fraction of sp³-hybridized carbons (Fsp3) is 0.677. The lowest BCUT2D eigenvalue weighted by atomic mass is 9.96. The Morgan fingerprint density at radius 1 is 0.471 bits per heavy atom. The van der Waals surface area contributed by atoms with Gasteiger partial charge in [0, 0.05) is 6.42 Å². The lowest BCUT2D eigenvalue weighted by Crippen LogP contribution is -2.42. The molecule has 8 nitrogen and oxygen atoms in total. The second kappa shape index (κ2) is 38.6. The second-order valence-corrected chi connectivity index (χ2v) is 20.0. The zero-order chi connectivity index (χ0) is 49.5.